The highest BCUT2D eigenvalue weighted by atomic mass is 16.6. The van der Waals surface area contributed by atoms with Crippen molar-refractivity contribution in [3.05, 3.63) is 0 Å². The average molecular weight is 244 g/mol. The number of nitrogens with two attached hydrogens (primary N) is 1. The number of aliphatic hydroxyl groups excluding tert-OH is 1. The van der Waals surface area contributed by atoms with Crippen LogP contribution in [0, 0.1) is 5.92 Å². The minimum Gasteiger partial charge on any atom is -0.444 e. The van der Waals surface area contributed by atoms with Crippen LogP contribution in [0.4, 0.5) is 4.79 Å². The quantitative estimate of drug-likeness (QED) is 0.758. The third kappa shape index (κ3) is 4.91. The molecule has 1 aliphatic heterocycles. The lowest BCUT2D eigenvalue weighted by Crippen LogP contribution is -2.50. The van der Waals surface area contributed by atoms with E-state index in [1.165, 1.54) is 0 Å². The highest BCUT2D eigenvalue weighted by molar-refractivity contribution is 5.68. The molecule has 0 aromatic heterocycles. The van der Waals surface area contributed by atoms with E-state index in [0.29, 0.717) is 19.5 Å². The molecule has 0 aromatic rings. The molecule has 1 aliphatic rings. The first-order valence-electron chi connectivity index (χ1n) is 6.16. The number of carbonyl (C=O) groups excluding carboxylic acids is 1. The fraction of sp³-hybridized carbons (Fsp3) is 0.917. The van der Waals surface area contributed by atoms with Crippen LogP contribution in [0.1, 0.15) is 33.6 Å². The molecule has 1 fully saturated rings. The third-order valence-corrected chi connectivity index (χ3v) is 2.76. The molecule has 100 valence electrons. The summed E-state index contributed by atoms with van der Waals surface area (Å²) in [5.74, 6) is 0.274. The van der Waals surface area contributed by atoms with Crippen molar-refractivity contribution in [1.29, 1.82) is 0 Å². The van der Waals surface area contributed by atoms with Gasteiger partial charge in [0.1, 0.15) is 5.60 Å². The summed E-state index contributed by atoms with van der Waals surface area (Å²) in [4.78, 5) is 13.5. The molecule has 5 nitrogen and oxygen atoms in total. The number of aliphatic hydroxyl groups is 1. The molecule has 1 heterocycles. The summed E-state index contributed by atoms with van der Waals surface area (Å²) in [5, 5.41) is 8.94. The minimum absolute atomic E-state index is 0.0205. The highest BCUT2D eigenvalue weighted by Gasteiger charge is 2.30. The molecule has 0 radical (unpaired) electrons. The Hall–Kier alpha value is -0.810. The van der Waals surface area contributed by atoms with Crippen LogP contribution in [0.15, 0.2) is 0 Å². The van der Waals surface area contributed by atoms with Gasteiger partial charge in [-0.15, -0.1) is 0 Å². The lowest BCUT2D eigenvalue weighted by molar-refractivity contribution is 0.0129. The van der Waals surface area contributed by atoms with Gasteiger partial charge in [-0.25, -0.2) is 4.79 Å². The number of hydrogen-bond acceptors (Lipinski definition) is 4. The van der Waals surface area contributed by atoms with Crippen molar-refractivity contribution in [2.45, 2.75) is 45.3 Å². The molecule has 1 amide bonds. The topological polar surface area (TPSA) is 75.8 Å². The summed E-state index contributed by atoms with van der Waals surface area (Å²) in [6, 6.07) is -0.0205. The summed E-state index contributed by atoms with van der Waals surface area (Å²) in [5.41, 5.74) is 5.44. The van der Waals surface area contributed by atoms with E-state index >= 15 is 0 Å². The monoisotopic (exact) mass is 244 g/mol. The largest absolute Gasteiger partial charge is 0.444 e. The first-order chi connectivity index (χ1) is 7.81. The second-order valence-electron chi connectivity index (χ2n) is 5.76. The van der Waals surface area contributed by atoms with Crippen molar-refractivity contribution in [3.8, 4) is 0 Å². The van der Waals surface area contributed by atoms with Crippen molar-refractivity contribution >= 4 is 6.09 Å². The molecular weight excluding hydrogens is 220 g/mol. The number of piperidine rings is 1. The first-order valence-corrected chi connectivity index (χ1v) is 6.16. The van der Waals surface area contributed by atoms with Crippen molar-refractivity contribution in [2.24, 2.45) is 11.7 Å². The van der Waals surface area contributed by atoms with E-state index in [-0.39, 0.29) is 24.7 Å². The van der Waals surface area contributed by atoms with Crippen molar-refractivity contribution in [3.63, 3.8) is 0 Å². The maximum Gasteiger partial charge on any atom is 0.410 e. The molecule has 0 saturated carbocycles. The Morgan fingerprint density at radius 2 is 2.12 bits per heavy atom. The standard InChI is InChI=1S/C12H24N2O3/c1-12(2,3)17-11(16)14-7-9(4-5-15)6-10(13)8-14/h9-10,15H,4-8,13H2,1-3H3. The summed E-state index contributed by atoms with van der Waals surface area (Å²) in [6.45, 7) is 6.85. The van der Waals surface area contributed by atoms with Crippen LogP contribution in [0.2, 0.25) is 0 Å². The Kier molecular flexibility index (Phi) is 4.77. The number of amides is 1. The average Bonchev–Trinajstić information content (AvgIpc) is 2.14. The molecule has 0 bridgehead atoms. The molecule has 2 atom stereocenters. The molecule has 5 heteroatoms. The van der Waals surface area contributed by atoms with E-state index in [1.54, 1.807) is 4.90 Å². The minimum atomic E-state index is -0.481. The Morgan fingerprint density at radius 1 is 1.47 bits per heavy atom. The molecule has 1 saturated heterocycles. The van der Waals surface area contributed by atoms with Crippen molar-refractivity contribution in [2.75, 3.05) is 19.7 Å². The first kappa shape index (κ1) is 14.3. The van der Waals surface area contributed by atoms with E-state index in [2.05, 4.69) is 0 Å². The van der Waals surface area contributed by atoms with Crippen LogP contribution in [0.25, 0.3) is 0 Å². The fourth-order valence-electron chi connectivity index (χ4n) is 2.11. The number of hydrogen-bond donors (Lipinski definition) is 2. The molecule has 0 spiro atoms. The van der Waals surface area contributed by atoms with Gasteiger partial charge in [-0.2, -0.15) is 0 Å². The van der Waals surface area contributed by atoms with E-state index in [1.807, 2.05) is 20.8 Å². The van der Waals surface area contributed by atoms with Crippen LogP contribution < -0.4 is 5.73 Å². The number of carbonyl (C=O) groups is 1. The second kappa shape index (κ2) is 5.69. The lowest BCUT2D eigenvalue weighted by atomic mass is 9.92. The predicted octanol–water partition coefficient (Wildman–Crippen LogP) is 0.953. The van der Waals surface area contributed by atoms with Gasteiger partial charge in [-0.05, 0) is 39.5 Å². The number of ether oxygens (including phenoxy) is 1. The molecular formula is C12H24N2O3. The van der Waals surface area contributed by atoms with E-state index in [4.69, 9.17) is 15.6 Å². The molecule has 2 unspecified atom stereocenters. The SMILES string of the molecule is CC(C)(C)OC(=O)N1CC(N)CC(CCO)C1. The van der Waals surface area contributed by atoms with Crippen LogP contribution in [0.3, 0.4) is 0 Å². The molecule has 1 rings (SSSR count). The van der Waals surface area contributed by atoms with Crippen LogP contribution in [0.5, 0.6) is 0 Å². The van der Waals surface area contributed by atoms with E-state index in [9.17, 15) is 4.79 Å². The Balaban J connectivity index is 2.54. The Bertz CT molecular complexity index is 263. The number of likely N-dealkylation sites (tertiary alicyclic amines) is 1. The zero-order valence-electron chi connectivity index (χ0n) is 11.0. The fourth-order valence-corrected chi connectivity index (χ4v) is 2.11. The third-order valence-electron chi connectivity index (χ3n) is 2.76. The van der Waals surface area contributed by atoms with E-state index in [0.717, 1.165) is 6.42 Å². The van der Waals surface area contributed by atoms with Gasteiger partial charge in [-0.1, -0.05) is 0 Å². The van der Waals surface area contributed by atoms with Gasteiger partial charge >= 0.3 is 6.09 Å². The van der Waals surface area contributed by atoms with Crippen molar-refractivity contribution < 1.29 is 14.6 Å². The summed E-state index contributed by atoms with van der Waals surface area (Å²) >= 11 is 0. The predicted molar refractivity (Wildman–Crippen MR) is 65.6 cm³/mol. The number of nitrogens with zero attached hydrogens (tertiary/aromatic N) is 1. The maximum atomic E-state index is 11.9. The maximum absolute atomic E-state index is 11.9. The smallest absolute Gasteiger partial charge is 0.410 e. The zero-order valence-corrected chi connectivity index (χ0v) is 11.0. The summed E-state index contributed by atoms with van der Waals surface area (Å²) in [7, 11) is 0. The second-order valence-corrected chi connectivity index (χ2v) is 5.76. The number of rotatable bonds is 2. The van der Waals surface area contributed by atoms with Gasteiger partial charge in [0.05, 0.1) is 0 Å². The van der Waals surface area contributed by atoms with Gasteiger partial charge in [0.2, 0.25) is 0 Å². The van der Waals surface area contributed by atoms with Gasteiger partial charge in [0, 0.05) is 25.7 Å². The Labute approximate surface area is 103 Å². The molecule has 17 heavy (non-hydrogen) atoms. The van der Waals surface area contributed by atoms with E-state index < -0.39 is 5.60 Å². The van der Waals surface area contributed by atoms with Gasteiger partial charge in [0.25, 0.3) is 0 Å². The summed E-state index contributed by atoms with van der Waals surface area (Å²) in [6.07, 6.45) is 1.24. The normalized spacial score (nSPS) is 25.8. The van der Waals surface area contributed by atoms with Gasteiger partial charge in [0.15, 0.2) is 0 Å². The lowest BCUT2D eigenvalue weighted by Gasteiger charge is -2.36. The summed E-state index contributed by atoms with van der Waals surface area (Å²) < 4.78 is 5.32. The van der Waals surface area contributed by atoms with Crippen LogP contribution >= 0.6 is 0 Å². The van der Waals surface area contributed by atoms with Gasteiger partial charge < -0.3 is 20.5 Å². The zero-order chi connectivity index (χ0) is 13.1. The van der Waals surface area contributed by atoms with Crippen molar-refractivity contribution in [1.82, 2.24) is 4.90 Å². The molecule has 0 aromatic carbocycles. The van der Waals surface area contributed by atoms with Gasteiger partial charge in [-0.3, -0.25) is 0 Å². The Morgan fingerprint density at radius 3 is 2.65 bits per heavy atom. The molecule has 0 aliphatic carbocycles. The molecule has 3 N–H and O–H groups in total. The van der Waals surface area contributed by atoms with Crippen LogP contribution in [-0.4, -0.2) is 47.4 Å². The van der Waals surface area contributed by atoms with Crippen LogP contribution in [-0.2, 0) is 4.74 Å². The highest BCUT2D eigenvalue weighted by Crippen LogP contribution is 2.20.